The van der Waals surface area contributed by atoms with Crippen LogP contribution in [-0.4, -0.2) is 21.7 Å². The fraction of sp³-hybridized carbons (Fsp3) is 0.182. The molecule has 0 aliphatic carbocycles. The Labute approximate surface area is 103 Å². The Hall–Kier alpha value is -2.57. The maximum absolute atomic E-state index is 11.6. The molecule has 2 amide bonds. The molecule has 0 unspecified atom stereocenters. The molecule has 1 heterocycles. The van der Waals surface area contributed by atoms with Crippen molar-refractivity contribution < 1.29 is 14.5 Å². The molecule has 18 heavy (non-hydrogen) atoms. The number of nitro groups is 1. The fourth-order valence-corrected chi connectivity index (χ4v) is 1.26. The van der Waals surface area contributed by atoms with Crippen molar-refractivity contribution in [1.29, 1.82) is 0 Å². The first kappa shape index (κ1) is 13.5. The third-order valence-electron chi connectivity index (χ3n) is 1.97. The summed E-state index contributed by atoms with van der Waals surface area (Å²) in [5.41, 5.74) is 0.345. The summed E-state index contributed by atoms with van der Waals surface area (Å²) in [5, 5.41) is 12.7. The zero-order chi connectivity index (χ0) is 13.7. The molecule has 0 aliphatic rings. The molecule has 0 fully saturated rings. The molecular formula is C11H11N3O4. The van der Waals surface area contributed by atoms with Crippen LogP contribution in [0.15, 0.2) is 24.8 Å². The predicted octanol–water partition coefficient (Wildman–Crippen LogP) is 1.13. The van der Waals surface area contributed by atoms with E-state index in [1.807, 2.05) is 0 Å². The zero-order valence-electron chi connectivity index (χ0n) is 9.67. The number of hydrogen-bond donors (Lipinski definition) is 1. The van der Waals surface area contributed by atoms with E-state index < -0.39 is 22.6 Å². The number of imide groups is 1. The molecule has 94 valence electrons. The summed E-state index contributed by atoms with van der Waals surface area (Å²) in [4.78, 5) is 36.4. The van der Waals surface area contributed by atoms with Crippen LogP contribution >= 0.6 is 0 Å². The third-order valence-corrected chi connectivity index (χ3v) is 1.97. The number of carbonyl (C=O) groups excluding carboxylic acids is 2. The number of pyridine rings is 1. The van der Waals surface area contributed by atoms with Gasteiger partial charge in [-0.05, 0) is 16.0 Å². The molecule has 0 aliphatic heterocycles. The standard InChI is InChI=1S/C11H11N3O4/c1-3-4-10(15)13-11(16)8-5-7(2)12-9(6-8)14(17)18/h3,5-6H,1,4H2,2H3,(H,13,15,16). The molecule has 1 aromatic rings. The van der Waals surface area contributed by atoms with Crippen LogP contribution in [0.25, 0.3) is 0 Å². The van der Waals surface area contributed by atoms with E-state index in [1.54, 1.807) is 0 Å². The number of carbonyl (C=O) groups is 2. The molecule has 7 heteroatoms. The Morgan fingerprint density at radius 2 is 2.22 bits per heavy atom. The fourth-order valence-electron chi connectivity index (χ4n) is 1.26. The maximum atomic E-state index is 11.6. The molecule has 7 nitrogen and oxygen atoms in total. The lowest BCUT2D eigenvalue weighted by atomic mass is 10.2. The van der Waals surface area contributed by atoms with Crippen molar-refractivity contribution in [2.75, 3.05) is 0 Å². The van der Waals surface area contributed by atoms with E-state index in [1.165, 1.54) is 19.1 Å². The number of hydrogen-bond acceptors (Lipinski definition) is 5. The van der Waals surface area contributed by atoms with Crippen LogP contribution in [-0.2, 0) is 4.79 Å². The number of amides is 2. The Kier molecular flexibility index (Phi) is 4.25. The molecule has 0 atom stereocenters. The summed E-state index contributed by atoms with van der Waals surface area (Å²) >= 11 is 0. The molecule has 0 saturated heterocycles. The van der Waals surface area contributed by atoms with Crippen LogP contribution in [0.5, 0.6) is 0 Å². The second-order valence-corrected chi connectivity index (χ2v) is 3.48. The van der Waals surface area contributed by atoms with Gasteiger partial charge in [-0.15, -0.1) is 6.58 Å². The second-order valence-electron chi connectivity index (χ2n) is 3.48. The smallest absolute Gasteiger partial charge is 0.358 e. The molecule has 0 aromatic carbocycles. The summed E-state index contributed by atoms with van der Waals surface area (Å²) < 4.78 is 0. The molecule has 0 spiro atoms. The van der Waals surface area contributed by atoms with Gasteiger partial charge in [0, 0.05) is 19.4 Å². The summed E-state index contributed by atoms with van der Waals surface area (Å²) in [5.74, 6) is -1.65. The highest BCUT2D eigenvalue weighted by molar-refractivity contribution is 6.05. The van der Waals surface area contributed by atoms with E-state index in [0.29, 0.717) is 5.69 Å². The number of nitrogens with one attached hydrogen (secondary N) is 1. The van der Waals surface area contributed by atoms with Gasteiger partial charge in [-0.2, -0.15) is 0 Å². The molecule has 1 N–H and O–H groups in total. The van der Waals surface area contributed by atoms with Gasteiger partial charge in [0.2, 0.25) is 5.91 Å². The van der Waals surface area contributed by atoms with E-state index in [2.05, 4.69) is 16.9 Å². The van der Waals surface area contributed by atoms with Crippen LogP contribution in [0.4, 0.5) is 5.82 Å². The third kappa shape index (κ3) is 3.48. The van der Waals surface area contributed by atoms with Gasteiger partial charge in [0.25, 0.3) is 5.91 Å². The molecule has 1 aromatic heterocycles. The van der Waals surface area contributed by atoms with Crippen molar-refractivity contribution in [2.24, 2.45) is 0 Å². The van der Waals surface area contributed by atoms with Gasteiger partial charge in [0.05, 0.1) is 5.56 Å². The molecule has 0 bridgehead atoms. The van der Waals surface area contributed by atoms with Crippen LogP contribution in [0.3, 0.4) is 0 Å². The van der Waals surface area contributed by atoms with Gasteiger partial charge in [-0.3, -0.25) is 14.9 Å². The summed E-state index contributed by atoms with van der Waals surface area (Å²) in [6.45, 7) is 4.88. The Bertz CT molecular complexity index is 525. The summed E-state index contributed by atoms with van der Waals surface area (Å²) in [6, 6.07) is 2.38. The number of aromatic nitrogens is 1. The van der Waals surface area contributed by atoms with E-state index in [9.17, 15) is 19.7 Å². The first-order valence-corrected chi connectivity index (χ1v) is 5.02. The van der Waals surface area contributed by atoms with E-state index in [4.69, 9.17) is 0 Å². The van der Waals surface area contributed by atoms with Crippen LogP contribution in [0, 0.1) is 17.0 Å². The van der Waals surface area contributed by atoms with Gasteiger partial charge in [0.15, 0.2) is 5.69 Å². The normalized spacial score (nSPS) is 9.61. The highest BCUT2D eigenvalue weighted by Gasteiger charge is 2.16. The highest BCUT2D eigenvalue weighted by Crippen LogP contribution is 2.12. The Morgan fingerprint density at radius 1 is 1.56 bits per heavy atom. The number of rotatable bonds is 4. The van der Waals surface area contributed by atoms with Crippen molar-refractivity contribution in [3.05, 3.63) is 46.2 Å². The van der Waals surface area contributed by atoms with Crippen molar-refractivity contribution in [2.45, 2.75) is 13.3 Å². The highest BCUT2D eigenvalue weighted by atomic mass is 16.6. The minimum Gasteiger partial charge on any atom is -0.358 e. The molecule has 0 radical (unpaired) electrons. The van der Waals surface area contributed by atoms with Gasteiger partial charge >= 0.3 is 5.82 Å². The quantitative estimate of drug-likeness (QED) is 0.489. The summed E-state index contributed by atoms with van der Waals surface area (Å²) in [6.07, 6.45) is 1.35. The molecule has 0 saturated carbocycles. The predicted molar refractivity (Wildman–Crippen MR) is 62.9 cm³/mol. The first-order valence-electron chi connectivity index (χ1n) is 5.02. The minimum atomic E-state index is -0.699. The topological polar surface area (TPSA) is 102 Å². The lowest BCUT2D eigenvalue weighted by Crippen LogP contribution is -2.30. The average molecular weight is 249 g/mol. The first-order chi connectivity index (χ1) is 8.43. The maximum Gasteiger partial charge on any atom is 0.364 e. The van der Waals surface area contributed by atoms with Crippen molar-refractivity contribution in [3.8, 4) is 0 Å². The van der Waals surface area contributed by atoms with Crippen molar-refractivity contribution >= 4 is 17.6 Å². The molecule has 1 rings (SSSR count). The minimum absolute atomic E-state index is 0.00208. The largest absolute Gasteiger partial charge is 0.364 e. The van der Waals surface area contributed by atoms with E-state index in [0.717, 1.165) is 6.07 Å². The summed E-state index contributed by atoms with van der Waals surface area (Å²) in [7, 11) is 0. The number of aryl methyl sites for hydroxylation is 1. The average Bonchev–Trinajstić information content (AvgIpc) is 2.28. The SMILES string of the molecule is C=CCC(=O)NC(=O)c1cc(C)nc([N+](=O)[O-])c1. The van der Waals surface area contributed by atoms with Gasteiger partial charge < -0.3 is 10.1 Å². The number of nitrogens with zero attached hydrogens (tertiary/aromatic N) is 2. The van der Waals surface area contributed by atoms with Crippen molar-refractivity contribution in [3.63, 3.8) is 0 Å². The van der Waals surface area contributed by atoms with Crippen LogP contribution < -0.4 is 5.32 Å². The lowest BCUT2D eigenvalue weighted by Gasteiger charge is -2.02. The van der Waals surface area contributed by atoms with E-state index in [-0.39, 0.29) is 12.0 Å². The van der Waals surface area contributed by atoms with Crippen LogP contribution in [0.2, 0.25) is 0 Å². The Morgan fingerprint density at radius 3 is 2.78 bits per heavy atom. The monoisotopic (exact) mass is 249 g/mol. The van der Waals surface area contributed by atoms with Gasteiger partial charge in [-0.25, -0.2) is 0 Å². The lowest BCUT2D eigenvalue weighted by molar-refractivity contribution is -0.389. The molecular weight excluding hydrogens is 238 g/mol. The van der Waals surface area contributed by atoms with Gasteiger partial charge in [0.1, 0.15) is 0 Å². The van der Waals surface area contributed by atoms with Crippen molar-refractivity contribution in [1.82, 2.24) is 10.3 Å². The zero-order valence-corrected chi connectivity index (χ0v) is 9.67. The van der Waals surface area contributed by atoms with E-state index >= 15 is 0 Å². The second kappa shape index (κ2) is 5.67. The van der Waals surface area contributed by atoms with Gasteiger partial charge in [-0.1, -0.05) is 6.08 Å². The Balaban J connectivity index is 2.95. The van der Waals surface area contributed by atoms with Crippen LogP contribution in [0.1, 0.15) is 22.5 Å².